The molecular formula is C15H25NO2. The Kier molecular flexibility index (Phi) is 6.76. The van der Waals surface area contributed by atoms with Crippen LogP contribution in [0.5, 0.6) is 5.75 Å². The predicted octanol–water partition coefficient (Wildman–Crippen LogP) is 2.85. The Bertz CT molecular complexity index is 324. The number of ether oxygens (including phenoxy) is 1. The largest absolute Gasteiger partial charge is 0.497 e. The van der Waals surface area contributed by atoms with E-state index >= 15 is 0 Å². The molecule has 0 aliphatic heterocycles. The summed E-state index contributed by atoms with van der Waals surface area (Å²) in [6.45, 7) is 3.92. The minimum atomic E-state index is -0.428. The normalized spacial score (nSPS) is 12.7. The fraction of sp³-hybridized carbons (Fsp3) is 0.600. The number of hydrogen-bond donors (Lipinski definition) is 1. The maximum Gasteiger partial charge on any atom is 0.118 e. The highest BCUT2D eigenvalue weighted by Crippen LogP contribution is 2.18. The van der Waals surface area contributed by atoms with Crippen molar-refractivity contribution in [3.8, 4) is 5.75 Å². The first-order valence-corrected chi connectivity index (χ1v) is 6.68. The van der Waals surface area contributed by atoms with Gasteiger partial charge in [0, 0.05) is 6.54 Å². The highest BCUT2D eigenvalue weighted by Gasteiger charge is 2.10. The number of unbranched alkanes of at least 4 members (excludes halogenated alkanes) is 2. The van der Waals surface area contributed by atoms with Crippen molar-refractivity contribution in [3.63, 3.8) is 0 Å². The van der Waals surface area contributed by atoms with Gasteiger partial charge in [0.05, 0.1) is 13.2 Å². The van der Waals surface area contributed by atoms with E-state index in [0.717, 1.165) is 17.9 Å². The van der Waals surface area contributed by atoms with Crippen LogP contribution in [0.1, 0.15) is 37.9 Å². The lowest BCUT2D eigenvalue weighted by Gasteiger charge is -2.20. The number of aliphatic hydroxyl groups excluding tert-OH is 1. The molecule has 3 heteroatoms. The summed E-state index contributed by atoms with van der Waals surface area (Å²) in [5.41, 5.74) is 0.943. The molecule has 0 saturated heterocycles. The van der Waals surface area contributed by atoms with Gasteiger partial charge in [-0.2, -0.15) is 0 Å². The summed E-state index contributed by atoms with van der Waals surface area (Å²) in [5, 5.41) is 10.1. The van der Waals surface area contributed by atoms with Crippen molar-refractivity contribution in [2.24, 2.45) is 0 Å². The zero-order valence-electron chi connectivity index (χ0n) is 11.7. The number of rotatable bonds is 8. The van der Waals surface area contributed by atoms with E-state index in [1.807, 2.05) is 24.3 Å². The fourth-order valence-corrected chi connectivity index (χ4v) is 1.95. The summed E-state index contributed by atoms with van der Waals surface area (Å²) in [4.78, 5) is 2.19. The lowest BCUT2D eigenvalue weighted by molar-refractivity contribution is 0.126. The van der Waals surface area contributed by atoms with Crippen LogP contribution >= 0.6 is 0 Å². The number of benzene rings is 1. The van der Waals surface area contributed by atoms with E-state index in [0.29, 0.717) is 6.54 Å². The van der Waals surface area contributed by atoms with E-state index in [4.69, 9.17) is 4.74 Å². The van der Waals surface area contributed by atoms with E-state index < -0.39 is 6.10 Å². The van der Waals surface area contributed by atoms with Crippen molar-refractivity contribution in [2.75, 3.05) is 27.2 Å². The van der Waals surface area contributed by atoms with Gasteiger partial charge in [0.15, 0.2) is 0 Å². The summed E-state index contributed by atoms with van der Waals surface area (Å²) in [7, 11) is 3.70. The SMILES string of the molecule is CCCCCN(C)CC(O)c1ccc(OC)cc1. The zero-order valence-corrected chi connectivity index (χ0v) is 11.7. The van der Waals surface area contributed by atoms with Crippen molar-refractivity contribution < 1.29 is 9.84 Å². The number of aliphatic hydroxyl groups is 1. The van der Waals surface area contributed by atoms with Gasteiger partial charge in [-0.05, 0) is 37.7 Å². The Morgan fingerprint density at radius 2 is 1.89 bits per heavy atom. The molecule has 3 nitrogen and oxygen atoms in total. The molecule has 102 valence electrons. The molecule has 1 N–H and O–H groups in total. The van der Waals surface area contributed by atoms with Crippen LogP contribution in [0, 0.1) is 0 Å². The molecule has 0 bridgehead atoms. The molecule has 1 rings (SSSR count). The molecular weight excluding hydrogens is 226 g/mol. The summed E-state index contributed by atoms with van der Waals surface area (Å²) in [6.07, 6.45) is 3.25. The Hall–Kier alpha value is -1.06. The smallest absolute Gasteiger partial charge is 0.118 e. The highest BCUT2D eigenvalue weighted by atomic mass is 16.5. The molecule has 0 radical (unpaired) electrons. The maximum atomic E-state index is 10.1. The van der Waals surface area contributed by atoms with E-state index in [9.17, 15) is 5.11 Å². The second-order valence-corrected chi connectivity index (χ2v) is 4.76. The first-order chi connectivity index (χ1) is 8.67. The minimum Gasteiger partial charge on any atom is -0.497 e. The molecule has 18 heavy (non-hydrogen) atoms. The van der Waals surface area contributed by atoms with Gasteiger partial charge < -0.3 is 14.7 Å². The molecule has 1 aromatic rings. The molecule has 0 saturated carbocycles. The summed E-state index contributed by atoms with van der Waals surface area (Å²) >= 11 is 0. The molecule has 0 aromatic heterocycles. The van der Waals surface area contributed by atoms with Gasteiger partial charge in [0.2, 0.25) is 0 Å². The molecule has 0 amide bonds. The molecule has 1 aromatic carbocycles. The van der Waals surface area contributed by atoms with E-state index in [2.05, 4.69) is 18.9 Å². The third-order valence-electron chi connectivity index (χ3n) is 3.13. The maximum absolute atomic E-state index is 10.1. The number of nitrogens with zero attached hydrogens (tertiary/aromatic N) is 1. The first-order valence-electron chi connectivity index (χ1n) is 6.68. The number of hydrogen-bond acceptors (Lipinski definition) is 3. The van der Waals surface area contributed by atoms with Crippen molar-refractivity contribution in [1.29, 1.82) is 0 Å². The molecule has 0 spiro atoms. The Labute approximate surface area is 110 Å². The van der Waals surface area contributed by atoms with Crippen LogP contribution in [0.3, 0.4) is 0 Å². The third-order valence-corrected chi connectivity index (χ3v) is 3.13. The van der Waals surface area contributed by atoms with Gasteiger partial charge >= 0.3 is 0 Å². The van der Waals surface area contributed by atoms with Crippen molar-refractivity contribution >= 4 is 0 Å². The van der Waals surface area contributed by atoms with Gasteiger partial charge in [-0.3, -0.25) is 0 Å². The number of likely N-dealkylation sites (N-methyl/N-ethyl adjacent to an activating group) is 1. The van der Waals surface area contributed by atoms with Gasteiger partial charge in [0.1, 0.15) is 5.75 Å². The van der Waals surface area contributed by atoms with Crippen molar-refractivity contribution in [3.05, 3.63) is 29.8 Å². The third kappa shape index (κ3) is 5.07. The van der Waals surface area contributed by atoms with E-state index in [-0.39, 0.29) is 0 Å². The highest BCUT2D eigenvalue weighted by molar-refractivity contribution is 5.28. The summed E-state index contributed by atoms with van der Waals surface area (Å²) in [6, 6.07) is 7.61. The number of methoxy groups -OCH3 is 1. The van der Waals surface area contributed by atoms with Crippen LogP contribution in [0.15, 0.2) is 24.3 Å². The second kappa shape index (κ2) is 8.11. The lowest BCUT2D eigenvalue weighted by Crippen LogP contribution is -2.25. The molecule has 0 aliphatic rings. The Balaban J connectivity index is 2.40. The monoisotopic (exact) mass is 251 g/mol. The van der Waals surface area contributed by atoms with Crippen LogP contribution in [-0.2, 0) is 0 Å². The van der Waals surface area contributed by atoms with Crippen molar-refractivity contribution in [2.45, 2.75) is 32.3 Å². The van der Waals surface area contributed by atoms with Crippen LogP contribution in [0.2, 0.25) is 0 Å². The van der Waals surface area contributed by atoms with Gasteiger partial charge in [-0.15, -0.1) is 0 Å². The molecule has 0 fully saturated rings. The summed E-state index contributed by atoms with van der Waals surface area (Å²) in [5.74, 6) is 0.822. The van der Waals surface area contributed by atoms with Crippen molar-refractivity contribution in [1.82, 2.24) is 4.90 Å². The average molecular weight is 251 g/mol. The van der Waals surface area contributed by atoms with Gasteiger partial charge in [-0.1, -0.05) is 31.9 Å². The first kappa shape index (κ1) is 15.0. The van der Waals surface area contributed by atoms with Crippen LogP contribution < -0.4 is 4.74 Å². The van der Waals surface area contributed by atoms with Crippen LogP contribution in [0.25, 0.3) is 0 Å². The second-order valence-electron chi connectivity index (χ2n) is 4.76. The molecule has 0 aliphatic carbocycles. The topological polar surface area (TPSA) is 32.7 Å². The summed E-state index contributed by atoms with van der Waals surface area (Å²) < 4.78 is 5.10. The minimum absolute atomic E-state index is 0.428. The Morgan fingerprint density at radius 1 is 1.22 bits per heavy atom. The molecule has 1 atom stereocenters. The lowest BCUT2D eigenvalue weighted by atomic mass is 10.1. The van der Waals surface area contributed by atoms with Gasteiger partial charge in [0.25, 0.3) is 0 Å². The fourth-order valence-electron chi connectivity index (χ4n) is 1.95. The Morgan fingerprint density at radius 3 is 2.44 bits per heavy atom. The van der Waals surface area contributed by atoms with E-state index in [1.165, 1.54) is 19.3 Å². The quantitative estimate of drug-likeness (QED) is 0.721. The average Bonchev–Trinajstić information content (AvgIpc) is 2.39. The zero-order chi connectivity index (χ0) is 13.4. The molecule has 1 unspecified atom stereocenters. The predicted molar refractivity (Wildman–Crippen MR) is 75.0 cm³/mol. The molecule has 0 heterocycles. The van der Waals surface area contributed by atoms with Crippen LogP contribution in [-0.4, -0.2) is 37.3 Å². The van der Waals surface area contributed by atoms with Gasteiger partial charge in [-0.25, -0.2) is 0 Å². The standard InChI is InChI=1S/C15H25NO2/c1-4-5-6-11-16(2)12-15(17)13-7-9-14(18-3)10-8-13/h7-10,15,17H,4-6,11-12H2,1-3H3. The van der Waals surface area contributed by atoms with E-state index in [1.54, 1.807) is 7.11 Å². The van der Waals surface area contributed by atoms with Crippen LogP contribution in [0.4, 0.5) is 0 Å².